The predicted molar refractivity (Wildman–Crippen MR) is 171 cm³/mol. The summed E-state index contributed by atoms with van der Waals surface area (Å²) in [6.07, 6.45) is 8.73. The van der Waals surface area contributed by atoms with Crippen LogP contribution < -0.4 is 9.64 Å². The smallest absolute Gasteiger partial charge is 0.340 e. The number of hydrogen-bond donors (Lipinski definition) is 2. The third-order valence-electron chi connectivity index (χ3n) is 11.6. The Morgan fingerprint density at radius 1 is 1.14 bits per heavy atom. The third-order valence-corrected chi connectivity index (χ3v) is 11.8. The molecule has 7 rings (SSSR count). The minimum absolute atomic E-state index is 0.0857. The number of nitrogens with zero attached hydrogens (tertiary/aromatic N) is 2. The quantitative estimate of drug-likeness (QED) is 0.396. The van der Waals surface area contributed by atoms with E-state index < -0.39 is 11.6 Å². The van der Waals surface area contributed by atoms with Crippen molar-refractivity contribution in [1.82, 2.24) is 4.90 Å². The summed E-state index contributed by atoms with van der Waals surface area (Å²) in [5.74, 6) is 1.03. The van der Waals surface area contributed by atoms with E-state index in [2.05, 4.69) is 23.6 Å². The van der Waals surface area contributed by atoms with Gasteiger partial charge >= 0.3 is 5.97 Å². The molecular formula is C36H45ClN2O5. The van der Waals surface area contributed by atoms with Crippen molar-refractivity contribution in [2.24, 2.45) is 17.8 Å². The molecule has 4 bridgehead atoms. The molecule has 5 aliphatic rings. The number of carboxylic acid groups (broad SMARTS) is 1. The van der Waals surface area contributed by atoms with E-state index in [-0.39, 0.29) is 17.9 Å². The van der Waals surface area contributed by atoms with Crippen LogP contribution in [0.3, 0.4) is 0 Å². The van der Waals surface area contributed by atoms with E-state index in [4.69, 9.17) is 21.1 Å². The summed E-state index contributed by atoms with van der Waals surface area (Å²) in [5, 5.41) is 23.0. The van der Waals surface area contributed by atoms with Gasteiger partial charge in [-0.1, -0.05) is 30.3 Å². The van der Waals surface area contributed by atoms with Gasteiger partial charge in [0.1, 0.15) is 5.75 Å². The van der Waals surface area contributed by atoms with Crippen molar-refractivity contribution >= 4 is 23.3 Å². The lowest BCUT2D eigenvalue weighted by molar-refractivity contribution is -0.160. The second kappa shape index (κ2) is 11.6. The Labute approximate surface area is 265 Å². The van der Waals surface area contributed by atoms with E-state index in [0.29, 0.717) is 35.6 Å². The van der Waals surface area contributed by atoms with Crippen molar-refractivity contribution in [3.8, 4) is 5.75 Å². The molecule has 3 heterocycles. The second-order valence-corrected chi connectivity index (χ2v) is 14.6. The summed E-state index contributed by atoms with van der Waals surface area (Å²) in [7, 11) is 1.95. The molecule has 44 heavy (non-hydrogen) atoms. The Morgan fingerprint density at radius 2 is 2.00 bits per heavy atom. The van der Waals surface area contributed by atoms with Crippen LogP contribution in [-0.4, -0.2) is 67.1 Å². The maximum atomic E-state index is 12.8. The highest BCUT2D eigenvalue weighted by molar-refractivity contribution is 6.30. The molecule has 0 radical (unpaired) electrons. The number of carbonyl (C=O) groups is 1. The van der Waals surface area contributed by atoms with Crippen LogP contribution in [0, 0.1) is 17.8 Å². The van der Waals surface area contributed by atoms with Crippen LogP contribution in [0.25, 0.3) is 0 Å². The van der Waals surface area contributed by atoms with Crippen LogP contribution in [0.2, 0.25) is 5.02 Å². The summed E-state index contributed by atoms with van der Waals surface area (Å²) in [6, 6.07) is 11.7. The number of aryl methyl sites for hydroxylation is 1. The number of anilines is 1. The molecule has 2 N–H and O–H groups in total. The van der Waals surface area contributed by atoms with E-state index in [1.807, 2.05) is 30.1 Å². The predicted octanol–water partition coefficient (Wildman–Crippen LogP) is 6.15. The lowest BCUT2D eigenvalue weighted by Crippen LogP contribution is -2.50. The highest BCUT2D eigenvalue weighted by Crippen LogP contribution is 2.48. The van der Waals surface area contributed by atoms with Crippen LogP contribution >= 0.6 is 11.6 Å². The van der Waals surface area contributed by atoms with Crippen molar-refractivity contribution in [3.05, 3.63) is 70.4 Å². The normalized spacial score (nSPS) is 33.8. The molecule has 6 atom stereocenters. The van der Waals surface area contributed by atoms with Crippen molar-refractivity contribution in [1.29, 1.82) is 0 Å². The fourth-order valence-corrected chi connectivity index (χ4v) is 8.89. The molecule has 0 amide bonds. The van der Waals surface area contributed by atoms with Gasteiger partial charge in [-0.3, -0.25) is 0 Å². The number of aliphatic hydroxyl groups is 1. The number of rotatable bonds is 1. The molecular weight excluding hydrogens is 576 g/mol. The Morgan fingerprint density at radius 3 is 2.80 bits per heavy atom. The van der Waals surface area contributed by atoms with Crippen molar-refractivity contribution < 1.29 is 24.5 Å². The van der Waals surface area contributed by atoms with Gasteiger partial charge in [-0.2, -0.15) is 0 Å². The average Bonchev–Trinajstić information content (AvgIpc) is 3.14. The first-order valence-electron chi connectivity index (χ1n) is 16.4. The summed E-state index contributed by atoms with van der Waals surface area (Å²) in [5.41, 5.74) is 2.10. The Hall–Kier alpha value is -2.74. The van der Waals surface area contributed by atoms with Crippen LogP contribution in [0.5, 0.6) is 5.75 Å². The monoisotopic (exact) mass is 620 g/mol. The van der Waals surface area contributed by atoms with Gasteiger partial charge in [0.25, 0.3) is 0 Å². The lowest BCUT2D eigenvalue weighted by atomic mass is 9.67. The van der Waals surface area contributed by atoms with Crippen LogP contribution in [0.1, 0.15) is 68.1 Å². The van der Waals surface area contributed by atoms with Crippen LogP contribution in [-0.2, 0) is 27.0 Å². The Balaban J connectivity index is 1.32. The fraction of sp³-hybridized carbons (Fsp3) is 0.583. The summed E-state index contributed by atoms with van der Waals surface area (Å²) >= 11 is 6.44. The maximum Gasteiger partial charge on any atom is 0.340 e. The van der Waals surface area contributed by atoms with E-state index in [1.165, 1.54) is 17.5 Å². The van der Waals surface area contributed by atoms with Crippen molar-refractivity contribution in [3.63, 3.8) is 0 Å². The number of ether oxygens (including phenoxy) is 2. The highest BCUT2D eigenvalue weighted by Gasteiger charge is 2.46. The van der Waals surface area contributed by atoms with Gasteiger partial charge in [0, 0.05) is 55.8 Å². The van der Waals surface area contributed by atoms with E-state index in [0.717, 1.165) is 87.6 Å². The zero-order chi connectivity index (χ0) is 30.6. The first-order chi connectivity index (χ1) is 21.1. The van der Waals surface area contributed by atoms with Gasteiger partial charge in [-0.25, -0.2) is 4.79 Å². The molecule has 0 aromatic heterocycles. The lowest BCUT2D eigenvalue weighted by Gasteiger charge is -2.48. The molecule has 236 valence electrons. The van der Waals surface area contributed by atoms with Gasteiger partial charge in [0.15, 0.2) is 5.60 Å². The maximum absolute atomic E-state index is 12.8. The zero-order valence-corrected chi connectivity index (χ0v) is 26.5. The van der Waals surface area contributed by atoms with E-state index in [1.54, 1.807) is 6.07 Å². The van der Waals surface area contributed by atoms with E-state index in [9.17, 15) is 15.0 Å². The molecule has 3 aliphatic heterocycles. The standard InChI is InChI=1S/C36H45ClN2O5/c1-23-19-36(42,34(40)41)27-6-10-32-31(18-27)39(21-35(22-44-32)13-3-4-25-17-28(37)7-9-30(25)35)20-26-5-8-29(26)33-16-24(12-15-43-33)11-14-38(23)2/h6-7,9-10,17-18,24,26,29,33,42H,1,3-5,8,11-16,19-22H2,2H3,(H,40,41)/t24-,26-,29+,33-,35-,36-/m0/s1. The molecule has 2 aliphatic carbocycles. The first-order valence-corrected chi connectivity index (χ1v) is 16.8. The first kappa shape index (κ1) is 29.9. The number of carboxylic acids is 1. The molecule has 2 aromatic carbocycles. The highest BCUT2D eigenvalue weighted by atomic mass is 35.5. The number of aliphatic carboxylic acids is 1. The third kappa shape index (κ3) is 5.29. The average molecular weight is 621 g/mol. The summed E-state index contributed by atoms with van der Waals surface area (Å²) in [6.45, 7) is 7.94. The Bertz CT molecular complexity index is 1450. The molecule has 1 saturated carbocycles. The molecule has 1 spiro atoms. The summed E-state index contributed by atoms with van der Waals surface area (Å²) in [4.78, 5) is 17.2. The minimum atomic E-state index is -2.11. The molecule has 2 fully saturated rings. The van der Waals surface area contributed by atoms with Gasteiger partial charge < -0.3 is 29.5 Å². The molecule has 0 unspecified atom stereocenters. The largest absolute Gasteiger partial charge is 0.490 e. The van der Waals surface area contributed by atoms with E-state index >= 15 is 0 Å². The van der Waals surface area contributed by atoms with Crippen molar-refractivity contribution in [2.45, 2.75) is 74.9 Å². The number of hydrogen-bond acceptors (Lipinski definition) is 6. The Kier molecular flexibility index (Phi) is 7.87. The molecule has 2 aromatic rings. The SMILES string of the molecule is C=C1C[C@@](O)(C(=O)O)c2ccc3c(c2)N(C[C@@H]2CC[C@H]2[C@@H]2C[C@H](CCO2)CCN1C)C[C@@]1(CCCc2cc(Cl)ccc21)CO3. The second-order valence-electron chi connectivity index (χ2n) is 14.2. The number of fused-ring (bicyclic) bond motifs is 7. The molecule has 1 saturated heterocycles. The summed E-state index contributed by atoms with van der Waals surface area (Å²) < 4.78 is 13.1. The zero-order valence-electron chi connectivity index (χ0n) is 25.8. The minimum Gasteiger partial charge on any atom is -0.490 e. The van der Waals surface area contributed by atoms with Gasteiger partial charge in [0.2, 0.25) is 0 Å². The molecule has 8 heteroatoms. The fourth-order valence-electron chi connectivity index (χ4n) is 8.69. The van der Waals surface area contributed by atoms with Crippen molar-refractivity contribution in [2.75, 3.05) is 44.8 Å². The van der Waals surface area contributed by atoms with Gasteiger partial charge in [-0.15, -0.1) is 0 Å². The number of halogens is 1. The van der Waals surface area contributed by atoms with Crippen LogP contribution in [0.15, 0.2) is 48.7 Å². The molecule has 7 nitrogen and oxygen atoms in total. The van der Waals surface area contributed by atoms with Crippen LogP contribution in [0.4, 0.5) is 5.69 Å². The number of benzene rings is 2. The van der Waals surface area contributed by atoms with Gasteiger partial charge in [0.05, 0.1) is 18.4 Å². The topological polar surface area (TPSA) is 82.5 Å². The van der Waals surface area contributed by atoms with Gasteiger partial charge in [-0.05, 0) is 110 Å².